The third-order valence-corrected chi connectivity index (χ3v) is 4.88. The van der Waals surface area contributed by atoms with Crippen molar-refractivity contribution in [2.24, 2.45) is 0 Å². The van der Waals surface area contributed by atoms with Gasteiger partial charge in [0.15, 0.2) is 0 Å². The molecule has 0 spiro atoms. The van der Waals surface area contributed by atoms with Crippen molar-refractivity contribution >= 4 is 50.5 Å². The predicted molar refractivity (Wildman–Crippen MR) is 94.6 cm³/mol. The first kappa shape index (κ1) is 18.4. The lowest BCUT2D eigenvalue weighted by molar-refractivity contribution is -0.114. The normalized spacial score (nSPS) is 11.0. The van der Waals surface area contributed by atoms with Crippen LogP contribution < -0.4 is 14.8 Å². The fourth-order valence-corrected chi connectivity index (χ4v) is 3.53. The van der Waals surface area contributed by atoms with Crippen LogP contribution >= 0.6 is 23.2 Å². The van der Waals surface area contributed by atoms with Crippen LogP contribution in [-0.2, 0) is 14.8 Å². The lowest BCUT2D eigenvalue weighted by Gasteiger charge is -2.13. The maximum absolute atomic E-state index is 12.5. The van der Waals surface area contributed by atoms with Gasteiger partial charge in [-0.1, -0.05) is 23.2 Å². The van der Waals surface area contributed by atoms with E-state index in [1.807, 2.05) is 0 Å². The predicted octanol–water partition coefficient (Wildman–Crippen LogP) is 3.76. The molecule has 2 rings (SSSR count). The number of carbonyl (C=O) groups excluding carboxylic acids is 1. The van der Waals surface area contributed by atoms with E-state index in [4.69, 9.17) is 27.9 Å². The van der Waals surface area contributed by atoms with Crippen molar-refractivity contribution in [3.8, 4) is 5.75 Å². The molecular weight excluding hydrogens is 375 g/mol. The van der Waals surface area contributed by atoms with E-state index in [2.05, 4.69) is 10.0 Å². The van der Waals surface area contributed by atoms with Gasteiger partial charge >= 0.3 is 0 Å². The van der Waals surface area contributed by atoms with Gasteiger partial charge in [-0.15, -0.1) is 0 Å². The second kappa shape index (κ2) is 7.29. The third-order valence-electron chi connectivity index (χ3n) is 2.97. The molecule has 24 heavy (non-hydrogen) atoms. The maximum atomic E-state index is 12.5. The largest absolute Gasteiger partial charge is 0.495 e. The molecular formula is C15H14Cl2N2O4S. The molecule has 6 nitrogen and oxygen atoms in total. The molecule has 0 bridgehead atoms. The van der Waals surface area contributed by atoms with Gasteiger partial charge in [0.2, 0.25) is 5.91 Å². The number of halogens is 2. The van der Waals surface area contributed by atoms with E-state index in [0.717, 1.165) is 0 Å². The summed E-state index contributed by atoms with van der Waals surface area (Å²) in [6.45, 7) is 1.31. The Bertz CT molecular complexity index is 885. The van der Waals surface area contributed by atoms with Crippen LogP contribution in [0.3, 0.4) is 0 Å². The number of methoxy groups -OCH3 is 1. The molecule has 0 aromatic heterocycles. The Kier molecular flexibility index (Phi) is 5.58. The Balaban J connectivity index is 2.40. The smallest absolute Gasteiger partial charge is 0.262 e. The van der Waals surface area contributed by atoms with Gasteiger partial charge in [0.25, 0.3) is 10.0 Å². The number of ether oxygens (including phenoxy) is 1. The van der Waals surface area contributed by atoms with E-state index in [1.165, 1.54) is 50.4 Å². The molecule has 0 aliphatic carbocycles. The molecule has 0 saturated heterocycles. The van der Waals surface area contributed by atoms with Crippen LogP contribution in [0.25, 0.3) is 0 Å². The van der Waals surface area contributed by atoms with Crippen molar-refractivity contribution in [3.05, 3.63) is 46.4 Å². The summed E-state index contributed by atoms with van der Waals surface area (Å²) in [5.41, 5.74) is 0.438. The monoisotopic (exact) mass is 388 g/mol. The molecule has 2 aromatic carbocycles. The summed E-state index contributed by atoms with van der Waals surface area (Å²) in [6.07, 6.45) is 0. The van der Waals surface area contributed by atoms with Gasteiger partial charge in [0, 0.05) is 11.9 Å². The number of anilines is 2. The van der Waals surface area contributed by atoms with Crippen molar-refractivity contribution in [1.29, 1.82) is 0 Å². The van der Waals surface area contributed by atoms with Crippen LogP contribution in [0.2, 0.25) is 10.0 Å². The summed E-state index contributed by atoms with van der Waals surface area (Å²) < 4.78 is 32.5. The van der Waals surface area contributed by atoms with E-state index in [0.29, 0.717) is 10.8 Å². The highest BCUT2D eigenvalue weighted by molar-refractivity contribution is 7.92. The number of rotatable bonds is 5. The van der Waals surface area contributed by atoms with Gasteiger partial charge in [-0.3, -0.25) is 9.52 Å². The third kappa shape index (κ3) is 4.31. The van der Waals surface area contributed by atoms with Gasteiger partial charge in [0.1, 0.15) is 5.75 Å². The Morgan fingerprint density at radius 1 is 1.08 bits per heavy atom. The van der Waals surface area contributed by atoms with Gasteiger partial charge in [-0.05, 0) is 36.4 Å². The van der Waals surface area contributed by atoms with Gasteiger partial charge in [-0.2, -0.15) is 0 Å². The summed E-state index contributed by atoms with van der Waals surface area (Å²) in [5, 5.41) is 3.08. The lowest BCUT2D eigenvalue weighted by atomic mass is 10.3. The first-order valence-electron chi connectivity index (χ1n) is 6.66. The summed E-state index contributed by atoms with van der Waals surface area (Å²) >= 11 is 11.8. The molecule has 1 amide bonds. The van der Waals surface area contributed by atoms with E-state index in [9.17, 15) is 13.2 Å². The highest BCUT2D eigenvalue weighted by Gasteiger charge is 2.18. The van der Waals surface area contributed by atoms with Crippen LogP contribution in [0.1, 0.15) is 6.92 Å². The summed E-state index contributed by atoms with van der Waals surface area (Å²) in [7, 11) is -2.50. The van der Waals surface area contributed by atoms with Crippen molar-refractivity contribution in [3.63, 3.8) is 0 Å². The van der Waals surface area contributed by atoms with Crippen molar-refractivity contribution in [2.75, 3.05) is 17.1 Å². The molecule has 9 heteroatoms. The zero-order valence-corrected chi connectivity index (χ0v) is 15.1. The van der Waals surface area contributed by atoms with Crippen LogP contribution in [0, 0.1) is 0 Å². The van der Waals surface area contributed by atoms with Gasteiger partial charge in [-0.25, -0.2) is 8.42 Å². The summed E-state index contributed by atoms with van der Waals surface area (Å²) in [5.74, 6) is -0.00905. The number of hydrogen-bond acceptors (Lipinski definition) is 4. The Labute approximate surface area is 149 Å². The molecule has 0 fully saturated rings. The van der Waals surface area contributed by atoms with E-state index in [-0.39, 0.29) is 27.2 Å². The standard InChI is InChI=1S/C15H14Cl2N2O4S/c1-9(20)18-14-8-11(4-6-15(14)23-2)24(21,22)19-13-5-3-10(16)7-12(13)17/h3-8,19H,1-2H3,(H,18,20). The molecule has 0 saturated carbocycles. The highest BCUT2D eigenvalue weighted by atomic mass is 35.5. The molecule has 128 valence electrons. The molecule has 2 aromatic rings. The topological polar surface area (TPSA) is 84.5 Å². The minimum atomic E-state index is -3.92. The molecule has 0 heterocycles. The summed E-state index contributed by atoms with van der Waals surface area (Å²) in [6, 6.07) is 8.51. The number of carbonyl (C=O) groups is 1. The lowest BCUT2D eigenvalue weighted by Crippen LogP contribution is -2.14. The highest BCUT2D eigenvalue weighted by Crippen LogP contribution is 2.31. The number of hydrogen-bond donors (Lipinski definition) is 2. The summed E-state index contributed by atoms with van der Waals surface area (Å²) in [4.78, 5) is 11.2. The van der Waals surface area contributed by atoms with Crippen LogP contribution in [-0.4, -0.2) is 21.4 Å². The Morgan fingerprint density at radius 2 is 1.79 bits per heavy atom. The van der Waals surface area contributed by atoms with E-state index >= 15 is 0 Å². The fourth-order valence-electron chi connectivity index (χ4n) is 1.92. The molecule has 0 unspecified atom stereocenters. The number of benzene rings is 2. The Morgan fingerprint density at radius 3 is 2.38 bits per heavy atom. The quantitative estimate of drug-likeness (QED) is 0.816. The SMILES string of the molecule is COc1ccc(S(=O)(=O)Nc2ccc(Cl)cc2Cl)cc1NC(C)=O. The molecule has 0 atom stereocenters. The average Bonchev–Trinajstić information content (AvgIpc) is 2.49. The van der Waals surface area contributed by atoms with Crippen LogP contribution in [0.4, 0.5) is 11.4 Å². The second-order valence-corrected chi connectivity index (χ2v) is 7.30. The Hall–Kier alpha value is -1.96. The molecule has 2 N–H and O–H groups in total. The van der Waals surface area contributed by atoms with Crippen molar-refractivity contribution in [1.82, 2.24) is 0 Å². The van der Waals surface area contributed by atoms with Crippen molar-refractivity contribution in [2.45, 2.75) is 11.8 Å². The average molecular weight is 389 g/mol. The first-order valence-corrected chi connectivity index (χ1v) is 8.90. The van der Waals surface area contributed by atoms with Crippen molar-refractivity contribution < 1.29 is 17.9 Å². The van der Waals surface area contributed by atoms with E-state index in [1.54, 1.807) is 0 Å². The number of sulfonamides is 1. The van der Waals surface area contributed by atoms with E-state index < -0.39 is 10.0 Å². The second-order valence-electron chi connectivity index (χ2n) is 4.77. The van der Waals surface area contributed by atoms with Crippen LogP contribution in [0.5, 0.6) is 5.75 Å². The maximum Gasteiger partial charge on any atom is 0.262 e. The van der Waals surface area contributed by atoms with Gasteiger partial charge < -0.3 is 10.1 Å². The number of nitrogens with one attached hydrogen (secondary N) is 2. The first-order chi connectivity index (χ1) is 11.2. The zero-order chi connectivity index (χ0) is 17.9. The van der Waals surface area contributed by atoms with Gasteiger partial charge in [0.05, 0.1) is 28.4 Å². The minimum absolute atomic E-state index is 0.0573. The minimum Gasteiger partial charge on any atom is -0.495 e. The zero-order valence-electron chi connectivity index (χ0n) is 12.8. The molecule has 0 aliphatic heterocycles. The van der Waals surface area contributed by atoms with Crippen LogP contribution in [0.15, 0.2) is 41.3 Å². The number of amides is 1. The fraction of sp³-hybridized carbons (Fsp3) is 0.133. The molecule has 0 radical (unpaired) electrons. The molecule has 0 aliphatic rings.